The van der Waals surface area contributed by atoms with E-state index in [-0.39, 0.29) is 5.41 Å². The maximum absolute atomic E-state index is 5.83. The lowest BCUT2D eigenvalue weighted by Gasteiger charge is -2.34. The van der Waals surface area contributed by atoms with Gasteiger partial charge in [0.05, 0.1) is 6.10 Å². The Hall–Kier alpha value is -0.0800. The van der Waals surface area contributed by atoms with Crippen molar-refractivity contribution in [2.75, 3.05) is 13.2 Å². The van der Waals surface area contributed by atoms with Crippen LogP contribution in [-0.4, -0.2) is 19.3 Å². The monoisotopic (exact) mass is 185 g/mol. The van der Waals surface area contributed by atoms with Crippen LogP contribution in [0.5, 0.6) is 0 Å². The molecule has 1 fully saturated rings. The summed E-state index contributed by atoms with van der Waals surface area (Å²) in [5.41, 5.74) is 6.09. The van der Waals surface area contributed by atoms with Gasteiger partial charge in [0.1, 0.15) is 0 Å². The fourth-order valence-corrected chi connectivity index (χ4v) is 1.88. The summed E-state index contributed by atoms with van der Waals surface area (Å²) in [6.45, 7) is 8.50. The van der Waals surface area contributed by atoms with Crippen molar-refractivity contribution in [3.8, 4) is 0 Å². The molecule has 2 heteroatoms. The van der Waals surface area contributed by atoms with E-state index in [1.165, 1.54) is 12.8 Å². The van der Waals surface area contributed by atoms with Gasteiger partial charge in [0.15, 0.2) is 0 Å². The van der Waals surface area contributed by atoms with Crippen LogP contribution >= 0.6 is 0 Å². The molecule has 13 heavy (non-hydrogen) atoms. The third kappa shape index (κ3) is 2.68. The van der Waals surface area contributed by atoms with Gasteiger partial charge in [-0.2, -0.15) is 0 Å². The molecule has 0 amide bonds. The van der Waals surface area contributed by atoms with E-state index in [2.05, 4.69) is 20.8 Å². The second-order valence-electron chi connectivity index (χ2n) is 4.85. The molecule has 1 heterocycles. The average Bonchev–Trinajstić information content (AvgIpc) is 2.56. The van der Waals surface area contributed by atoms with Crippen molar-refractivity contribution < 1.29 is 4.74 Å². The third-order valence-corrected chi connectivity index (χ3v) is 3.58. The summed E-state index contributed by atoms with van der Waals surface area (Å²) in [7, 11) is 0. The minimum Gasteiger partial charge on any atom is -0.378 e. The van der Waals surface area contributed by atoms with Crippen molar-refractivity contribution in [2.24, 2.45) is 17.1 Å². The molecule has 2 atom stereocenters. The second-order valence-corrected chi connectivity index (χ2v) is 4.85. The Kier molecular flexibility index (Phi) is 3.74. The Morgan fingerprint density at radius 2 is 2.23 bits per heavy atom. The topological polar surface area (TPSA) is 35.2 Å². The van der Waals surface area contributed by atoms with Crippen molar-refractivity contribution in [1.82, 2.24) is 0 Å². The Balaban J connectivity index is 2.46. The highest BCUT2D eigenvalue weighted by atomic mass is 16.5. The van der Waals surface area contributed by atoms with E-state index in [0.717, 1.165) is 19.6 Å². The molecule has 2 nitrogen and oxygen atoms in total. The van der Waals surface area contributed by atoms with Gasteiger partial charge >= 0.3 is 0 Å². The van der Waals surface area contributed by atoms with Gasteiger partial charge in [-0.3, -0.25) is 0 Å². The second kappa shape index (κ2) is 4.43. The Labute approximate surface area is 81.8 Å². The predicted molar refractivity (Wildman–Crippen MR) is 55.6 cm³/mol. The molecule has 0 aliphatic carbocycles. The van der Waals surface area contributed by atoms with E-state index in [1.54, 1.807) is 0 Å². The van der Waals surface area contributed by atoms with Crippen molar-refractivity contribution in [3.05, 3.63) is 0 Å². The average molecular weight is 185 g/mol. The van der Waals surface area contributed by atoms with Crippen LogP contribution in [0.1, 0.15) is 40.0 Å². The molecule has 0 bridgehead atoms. The summed E-state index contributed by atoms with van der Waals surface area (Å²) in [6.07, 6.45) is 4.04. The highest BCUT2D eigenvalue weighted by Gasteiger charge is 2.31. The van der Waals surface area contributed by atoms with Crippen molar-refractivity contribution in [2.45, 2.75) is 46.1 Å². The number of nitrogens with two attached hydrogens (primary N) is 1. The molecule has 0 saturated carbocycles. The molecule has 0 aromatic carbocycles. The van der Waals surface area contributed by atoms with Gasteiger partial charge in [0.2, 0.25) is 0 Å². The van der Waals surface area contributed by atoms with Crippen molar-refractivity contribution >= 4 is 0 Å². The first kappa shape index (κ1) is 11.0. The van der Waals surface area contributed by atoms with Crippen LogP contribution in [0.2, 0.25) is 0 Å². The zero-order valence-corrected chi connectivity index (χ0v) is 9.18. The number of rotatable bonds is 4. The first-order valence-electron chi connectivity index (χ1n) is 5.40. The van der Waals surface area contributed by atoms with Gasteiger partial charge in [0, 0.05) is 6.61 Å². The summed E-state index contributed by atoms with van der Waals surface area (Å²) in [4.78, 5) is 0. The van der Waals surface area contributed by atoms with Gasteiger partial charge in [-0.25, -0.2) is 0 Å². The lowest BCUT2D eigenvalue weighted by molar-refractivity contribution is 0.0519. The van der Waals surface area contributed by atoms with Crippen LogP contribution in [0.4, 0.5) is 0 Å². The largest absolute Gasteiger partial charge is 0.378 e. The first-order chi connectivity index (χ1) is 6.08. The lowest BCUT2D eigenvalue weighted by atomic mass is 9.74. The summed E-state index contributed by atoms with van der Waals surface area (Å²) in [5.74, 6) is 0.640. The van der Waals surface area contributed by atoms with E-state index in [0.29, 0.717) is 12.0 Å². The molecular weight excluding hydrogens is 162 g/mol. The number of ether oxygens (including phenoxy) is 1. The van der Waals surface area contributed by atoms with E-state index in [9.17, 15) is 0 Å². The molecule has 2 N–H and O–H groups in total. The maximum atomic E-state index is 5.83. The normalized spacial score (nSPS) is 27.9. The fraction of sp³-hybridized carbons (Fsp3) is 1.00. The van der Waals surface area contributed by atoms with Gasteiger partial charge < -0.3 is 10.5 Å². The van der Waals surface area contributed by atoms with Crippen LogP contribution in [0.25, 0.3) is 0 Å². The number of hydrogen-bond donors (Lipinski definition) is 1. The Morgan fingerprint density at radius 3 is 2.62 bits per heavy atom. The van der Waals surface area contributed by atoms with Crippen molar-refractivity contribution in [3.63, 3.8) is 0 Å². The van der Waals surface area contributed by atoms with Crippen molar-refractivity contribution in [1.29, 1.82) is 0 Å². The van der Waals surface area contributed by atoms with Crippen LogP contribution < -0.4 is 5.73 Å². The first-order valence-corrected chi connectivity index (χ1v) is 5.40. The summed E-state index contributed by atoms with van der Waals surface area (Å²) < 4.78 is 5.65. The van der Waals surface area contributed by atoms with Crippen LogP contribution in [0.15, 0.2) is 0 Å². The fourth-order valence-electron chi connectivity index (χ4n) is 1.88. The molecule has 0 spiro atoms. The molecule has 1 aliphatic rings. The van der Waals surface area contributed by atoms with E-state index >= 15 is 0 Å². The van der Waals surface area contributed by atoms with Gasteiger partial charge in [-0.1, -0.05) is 20.8 Å². The summed E-state index contributed by atoms with van der Waals surface area (Å²) in [5, 5.41) is 0. The van der Waals surface area contributed by atoms with Crippen LogP contribution in [0, 0.1) is 11.3 Å². The summed E-state index contributed by atoms with van der Waals surface area (Å²) >= 11 is 0. The SMILES string of the molecule is CC(C)C(C)(CN)CC1CCCO1. The molecule has 1 aliphatic heterocycles. The smallest absolute Gasteiger partial charge is 0.0581 e. The minimum absolute atomic E-state index is 0.259. The zero-order chi connectivity index (χ0) is 9.90. The Morgan fingerprint density at radius 1 is 1.54 bits per heavy atom. The van der Waals surface area contributed by atoms with Crippen LogP contribution in [-0.2, 0) is 4.74 Å². The number of hydrogen-bond acceptors (Lipinski definition) is 2. The standard InChI is InChI=1S/C11H23NO/c1-9(2)11(3,8-12)7-10-5-4-6-13-10/h9-10H,4-8,12H2,1-3H3. The van der Waals surface area contributed by atoms with E-state index in [4.69, 9.17) is 10.5 Å². The molecule has 1 rings (SSSR count). The molecule has 78 valence electrons. The highest BCUT2D eigenvalue weighted by Crippen LogP contribution is 2.34. The molecule has 0 aromatic rings. The van der Waals surface area contributed by atoms with Gasteiger partial charge in [-0.05, 0) is 37.1 Å². The lowest BCUT2D eigenvalue weighted by Crippen LogP contribution is -2.36. The quantitative estimate of drug-likeness (QED) is 0.728. The van der Waals surface area contributed by atoms with Gasteiger partial charge in [0.25, 0.3) is 0 Å². The molecule has 2 unspecified atom stereocenters. The molecular formula is C11H23NO. The third-order valence-electron chi connectivity index (χ3n) is 3.58. The molecule has 0 radical (unpaired) electrons. The zero-order valence-electron chi connectivity index (χ0n) is 9.18. The van der Waals surface area contributed by atoms with E-state index in [1.807, 2.05) is 0 Å². The minimum atomic E-state index is 0.259. The molecule has 1 saturated heterocycles. The molecule has 0 aromatic heterocycles. The predicted octanol–water partition coefficient (Wildman–Crippen LogP) is 2.18. The Bertz CT molecular complexity index is 152. The van der Waals surface area contributed by atoms with Gasteiger partial charge in [-0.15, -0.1) is 0 Å². The summed E-state index contributed by atoms with van der Waals surface area (Å²) in [6, 6.07) is 0. The maximum Gasteiger partial charge on any atom is 0.0581 e. The van der Waals surface area contributed by atoms with E-state index < -0.39 is 0 Å². The highest BCUT2D eigenvalue weighted by molar-refractivity contribution is 4.83. The van der Waals surface area contributed by atoms with Crippen LogP contribution in [0.3, 0.4) is 0 Å².